The lowest BCUT2D eigenvalue weighted by Gasteiger charge is -2.18. The minimum atomic E-state index is -0.273. The predicted octanol–water partition coefficient (Wildman–Crippen LogP) is 1.58. The molecule has 4 nitrogen and oxygen atoms in total. The largest absolute Gasteiger partial charge is 0.326 e. The fourth-order valence-corrected chi connectivity index (χ4v) is 2.32. The van der Waals surface area contributed by atoms with Crippen LogP contribution in [-0.4, -0.2) is 42.0 Å². The van der Waals surface area contributed by atoms with E-state index in [2.05, 4.69) is 0 Å². The summed E-state index contributed by atoms with van der Waals surface area (Å²) in [5, 5.41) is 0. The second kappa shape index (κ2) is 4.94. The van der Waals surface area contributed by atoms with Gasteiger partial charge in [-0.1, -0.05) is 18.2 Å². The molecule has 18 heavy (non-hydrogen) atoms. The van der Waals surface area contributed by atoms with Crippen molar-refractivity contribution in [3.63, 3.8) is 0 Å². The van der Waals surface area contributed by atoms with E-state index in [9.17, 15) is 9.18 Å². The summed E-state index contributed by atoms with van der Waals surface area (Å²) in [6.07, 6.45) is 0. The van der Waals surface area contributed by atoms with Crippen LogP contribution in [0.4, 0.5) is 9.18 Å². The normalized spacial score (nSPS) is 21.6. The van der Waals surface area contributed by atoms with E-state index < -0.39 is 0 Å². The van der Waals surface area contributed by atoms with Gasteiger partial charge in [-0.3, -0.25) is 0 Å². The number of nitrogens with zero attached hydrogens (tertiary/aromatic N) is 2. The Labute approximate surface area is 106 Å². The molecule has 1 heterocycles. The lowest BCUT2D eigenvalue weighted by Crippen LogP contribution is -2.38. The fourth-order valence-electron chi connectivity index (χ4n) is 2.32. The van der Waals surface area contributed by atoms with E-state index in [0.717, 1.165) is 0 Å². The number of hydrogen-bond donors (Lipinski definition) is 1. The number of rotatable bonds is 3. The van der Waals surface area contributed by atoms with Crippen LogP contribution in [0.5, 0.6) is 0 Å². The number of halogens is 1. The van der Waals surface area contributed by atoms with Gasteiger partial charge >= 0.3 is 6.03 Å². The molecule has 98 valence electrons. The number of carbonyl (C=O) groups is 1. The Morgan fingerprint density at radius 3 is 2.78 bits per heavy atom. The Bertz CT molecular complexity index is 450. The minimum absolute atomic E-state index is 0.0817. The van der Waals surface area contributed by atoms with E-state index in [-0.39, 0.29) is 23.9 Å². The number of hydrogen-bond acceptors (Lipinski definition) is 2. The number of carbonyl (C=O) groups excluding carboxylic acids is 1. The quantitative estimate of drug-likeness (QED) is 0.886. The average molecular weight is 251 g/mol. The number of amides is 2. The summed E-state index contributed by atoms with van der Waals surface area (Å²) in [4.78, 5) is 15.2. The lowest BCUT2D eigenvalue weighted by atomic mass is 10.1. The SMILES string of the molecule is CC(N)CN1CC(c2ccccc2F)N(C)C1=O. The summed E-state index contributed by atoms with van der Waals surface area (Å²) < 4.78 is 13.8. The molecule has 1 saturated heterocycles. The molecule has 2 rings (SSSR count). The minimum Gasteiger partial charge on any atom is -0.326 e. The smallest absolute Gasteiger partial charge is 0.320 e. The van der Waals surface area contributed by atoms with Crippen LogP contribution in [0.1, 0.15) is 18.5 Å². The van der Waals surface area contributed by atoms with Crippen molar-refractivity contribution in [3.8, 4) is 0 Å². The van der Waals surface area contributed by atoms with Crippen LogP contribution < -0.4 is 5.73 Å². The molecule has 1 aliphatic rings. The average Bonchev–Trinajstić information content (AvgIpc) is 2.58. The van der Waals surface area contributed by atoms with E-state index in [0.29, 0.717) is 18.7 Å². The van der Waals surface area contributed by atoms with E-state index in [1.165, 1.54) is 6.07 Å². The number of benzene rings is 1. The first-order valence-corrected chi connectivity index (χ1v) is 6.02. The Morgan fingerprint density at radius 2 is 2.17 bits per heavy atom. The highest BCUT2D eigenvalue weighted by Crippen LogP contribution is 2.29. The summed E-state index contributed by atoms with van der Waals surface area (Å²) >= 11 is 0. The number of nitrogens with two attached hydrogens (primary N) is 1. The van der Waals surface area contributed by atoms with Crippen LogP contribution in [0.15, 0.2) is 24.3 Å². The molecular formula is C13H18FN3O. The Balaban J connectivity index is 2.21. The van der Waals surface area contributed by atoms with Crippen LogP contribution in [0, 0.1) is 5.82 Å². The van der Waals surface area contributed by atoms with Crippen LogP contribution in [0.25, 0.3) is 0 Å². The molecule has 1 fully saturated rings. The molecular weight excluding hydrogens is 233 g/mol. The van der Waals surface area contributed by atoms with Crippen molar-refractivity contribution in [1.82, 2.24) is 9.80 Å². The van der Waals surface area contributed by atoms with Crippen molar-refractivity contribution in [2.45, 2.75) is 19.0 Å². The third-order valence-corrected chi connectivity index (χ3v) is 3.21. The van der Waals surface area contributed by atoms with Gasteiger partial charge < -0.3 is 15.5 Å². The fraction of sp³-hybridized carbons (Fsp3) is 0.462. The van der Waals surface area contributed by atoms with Gasteiger partial charge in [-0.2, -0.15) is 0 Å². The molecule has 5 heteroatoms. The maximum absolute atomic E-state index is 13.8. The molecule has 2 atom stereocenters. The first-order chi connectivity index (χ1) is 8.50. The van der Waals surface area contributed by atoms with Gasteiger partial charge in [0.15, 0.2) is 0 Å². The van der Waals surface area contributed by atoms with Gasteiger partial charge in [-0.05, 0) is 13.0 Å². The molecule has 2 unspecified atom stereocenters. The van der Waals surface area contributed by atoms with Gasteiger partial charge in [0.05, 0.1) is 6.04 Å². The summed E-state index contributed by atoms with van der Waals surface area (Å²) in [5.41, 5.74) is 6.26. The molecule has 0 bridgehead atoms. The van der Waals surface area contributed by atoms with Crippen molar-refractivity contribution < 1.29 is 9.18 Å². The Hall–Kier alpha value is -1.62. The molecule has 0 saturated carbocycles. The van der Waals surface area contributed by atoms with Crippen LogP contribution in [-0.2, 0) is 0 Å². The zero-order chi connectivity index (χ0) is 13.3. The molecule has 2 amide bonds. The van der Waals surface area contributed by atoms with E-state index >= 15 is 0 Å². The van der Waals surface area contributed by atoms with Crippen LogP contribution in [0.2, 0.25) is 0 Å². The maximum Gasteiger partial charge on any atom is 0.320 e. The van der Waals surface area contributed by atoms with Crippen molar-refractivity contribution in [2.24, 2.45) is 5.73 Å². The molecule has 0 aliphatic carbocycles. The van der Waals surface area contributed by atoms with Crippen molar-refractivity contribution >= 4 is 6.03 Å². The van der Waals surface area contributed by atoms with Crippen LogP contribution >= 0.6 is 0 Å². The van der Waals surface area contributed by atoms with E-state index in [1.807, 2.05) is 6.92 Å². The van der Waals surface area contributed by atoms with Crippen molar-refractivity contribution in [1.29, 1.82) is 0 Å². The van der Waals surface area contributed by atoms with E-state index in [4.69, 9.17) is 5.73 Å². The number of likely N-dealkylation sites (N-methyl/N-ethyl adjacent to an activating group) is 1. The van der Waals surface area contributed by atoms with Gasteiger partial charge in [0, 0.05) is 31.7 Å². The number of urea groups is 1. The molecule has 1 aromatic rings. The zero-order valence-corrected chi connectivity index (χ0v) is 10.6. The predicted molar refractivity (Wildman–Crippen MR) is 67.5 cm³/mol. The molecule has 0 radical (unpaired) electrons. The third-order valence-electron chi connectivity index (χ3n) is 3.21. The monoisotopic (exact) mass is 251 g/mol. The molecule has 0 aromatic heterocycles. The first kappa shape index (κ1) is 12.8. The van der Waals surface area contributed by atoms with E-state index in [1.54, 1.807) is 35.0 Å². The summed E-state index contributed by atoms with van der Waals surface area (Å²) in [6, 6.07) is 6.15. The zero-order valence-electron chi connectivity index (χ0n) is 10.6. The highest BCUT2D eigenvalue weighted by atomic mass is 19.1. The van der Waals surface area contributed by atoms with Crippen LogP contribution in [0.3, 0.4) is 0 Å². The third kappa shape index (κ3) is 2.31. The summed E-state index contributed by atoms with van der Waals surface area (Å²) in [5.74, 6) is -0.273. The second-order valence-electron chi connectivity index (χ2n) is 4.81. The van der Waals surface area contributed by atoms with Crippen molar-refractivity contribution in [3.05, 3.63) is 35.6 Å². The Kier molecular flexibility index (Phi) is 3.52. The summed E-state index contributed by atoms with van der Waals surface area (Å²) in [6.45, 7) is 2.83. The first-order valence-electron chi connectivity index (χ1n) is 6.02. The lowest BCUT2D eigenvalue weighted by molar-refractivity contribution is 0.194. The second-order valence-corrected chi connectivity index (χ2v) is 4.81. The highest BCUT2D eigenvalue weighted by Gasteiger charge is 2.36. The highest BCUT2D eigenvalue weighted by molar-refractivity contribution is 5.77. The maximum atomic E-state index is 13.8. The van der Waals surface area contributed by atoms with Crippen molar-refractivity contribution in [2.75, 3.05) is 20.1 Å². The molecule has 0 spiro atoms. The Morgan fingerprint density at radius 1 is 1.50 bits per heavy atom. The molecule has 1 aromatic carbocycles. The van der Waals surface area contributed by atoms with Gasteiger partial charge in [0.25, 0.3) is 0 Å². The van der Waals surface area contributed by atoms with Gasteiger partial charge in [-0.25, -0.2) is 9.18 Å². The van der Waals surface area contributed by atoms with Gasteiger partial charge in [0.1, 0.15) is 5.82 Å². The van der Waals surface area contributed by atoms with Gasteiger partial charge in [-0.15, -0.1) is 0 Å². The molecule has 1 aliphatic heterocycles. The standard InChI is InChI=1S/C13H18FN3O/c1-9(15)7-17-8-12(16(2)13(17)18)10-5-3-4-6-11(10)14/h3-6,9,12H,7-8,15H2,1-2H3. The topological polar surface area (TPSA) is 49.6 Å². The molecule has 2 N–H and O–H groups in total. The van der Waals surface area contributed by atoms with Gasteiger partial charge in [0.2, 0.25) is 0 Å². The summed E-state index contributed by atoms with van der Waals surface area (Å²) in [7, 11) is 1.70.